The van der Waals surface area contributed by atoms with Gasteiger partial charge in [-0.05, 0) is 6.92 Å². The smallest absolute Gasteiger partial charge is 0.481 e. The number of carbonyl (C=O) groups is 2. The maximum absolute atomic E-state index is 11.5. The highest BCUT2D eigenvalue weighted by Crippen LogP contribution is 2.17. The molecule has 7 heteroatoms. The number of alkyl halides is 3. The van der Waals surface area contributed by atoms with Crippen molar-refractivity contribution in [1.82, 2.24) is 0 Å². The van der Waals surface area contributed by atoms with Crippen LogP contribution in [0.3, 0.4) is 0 Å². The lowest BCUT2D eigenvalue weighted by Crippen LogP contribution is -2.29. The summed E-state index contributed by atoms with van der Waals surface area (Å²) in [4.78, 5) is 20.1. The van der Waals surface area contributed by atoms with E-state index in [4.69, 9.17) is 5.11 Å². The highest BCUT2D eigenvalue weighted by atomic mass is 19.4. The van der Waals surface area contributed by atoms with Gasteiger partial charge in [0.05, 0.1) is 6.42 Å². The number of carboxylic acids is 1. The number of rotatable bonds is 3. The van der Waals surface area contributed by atoms with Crippen LogP contribution in [0.1, 0.15) is 13.3 Å². The summed E-state index contributed by atoms with van der Waals surface area (Å²) >= 11 is 0. The SMILES string of the molecule is CC(CC(=O)O)OC(=O)C(F)(F)F. The summed E-state index contributed by atoms with van der Waals surface area (Å²) in [6.07, 6.45) is -7.01. The van der Waals surface area contributed by atoms with Gasteiger partial charge in [-0.15, -0.1) is 0 Å². The molecule has 1 atom stereocenters. The van der Waals surface area contributed by atoms with Gasteiger partial charge in [0, 0.05) is 0 Å². The molecular formula is C6H7F3O4. The molecule has 0 aromatic carbocycles. The van der Waals surface area contributed by atoms with Gasteiger partial charge in [0.2, 0.25) is 0 Å². The minimum absolute atomic E-state index is 0.651. The van der Waals surface area contributed by atoms with Crippen molar-refractivity contribution in [2.75, 3.05) is 0 Å². The van der Waals surface area contributed by atoms with E-state index in [0.717, 1.165) is 6.92 Å². The molecule has 0 aromatic heterocycles. The molecule has 0 saturated carbocycles. The summed E-state index contributed by atoms with van der Waals surface area (Å²) in [6.45, 7) is 1.07. The van der Waals surface area contributed by atoms with Crippen LogP contribution in [-0.4, -0.2) is 29.3 Å². The Bertz CT molecular complexity index is 210. The van der Waals surface area contributed by atoms with Crippen LogP contribution in [0.2, 0.25) is 0 Å². The predicted molar refractivity (Wildman–Crippen MR) is 33.9 cm³/mol. The molecule has 0 aliphatic heterocycles. The lowest BCUT2D eigenvalue weighted by atomic mass is 10.3. The first-order valence-corrected chi connectivity index (χ1v) is 3.23. The van der Waals surface area contributed by atoms with E-state index in [1.807, 2.05) is 0 Å². The van der Waals surface area contributed by atoms with Gasteiger partial charge < -0.3 is 9.84 Å². The molecule has 0 aliphatic rings. The lowest BCUT2D eigenvalue weighted by Gasteiger charge is -2.11. The van der Waals surface area contributed by atoms with E-state index < -0.39 is 30.6 Å². The van der Waals surface area contributed by atoms with Crippen LogP contribution in [0.5, 0.6) is 0 Å². The molecule has 0 saturated heterocycles. The zero-order valence-corrected chi connectivity index (χ0v) is 6.59. The Morgan fingerprint density at radius 2 is 1.92 bits per heavy atom. The van der Waals surface area contributed by atoms with E-state index in [0.29, 0.717) is 0 Å². The van der Waals surface area contributed by atoms with E-state index >= 15 is 0 Å². The molecule has 4 nitrogen and oxygen atoms in total. The van der Waals surface area contributed by atoms with Crippen LogP contribution in [0.15, 0.2) is 0 Å². The fraction of sp³-hybridized carbons (Fsp3) is 0.667. The number of ether oxygens (including phenoxy) is 1. The molecule has 0 radical (unpaired) electrons. The Morgan fingerprint density at radius 3 is 2.23 bits per heavy atom. The average molecular weight is 200 g/mol. The summed E-state index contributed by atoms with van der Waals surface area (Å²) in [5, 5.41) is 8.13. The van der Waals surface area contributed by atoms with E-state index in [1.54, 1.807) is 0 Å². The molecule has 76 valence electrons. The minimum Gasteiger partial charge on any atom is -0.481 e. The van der Waals surface area contributed by atoms with Gasteiger partial charge >= 0.3 is 18.1 Å². The number of carbonyl (C=O) groups excluding carboxylic acids is 1. The van der Waals surface area contributed by atoms with E-state index in [9.17, 15) is 22.8 Å². The van der Waals surface area contributed by atoms with Crippen molar-refractivity contribution >= 4 is 11.9 Å². The van der Waals surface area contributed by atoms with Crippen molar-refractivity contribution in [3.8, 4) is 0 Å². The van der Waals surface area contributed by atoms with E-state index in [1.165, 1.54) is 0 Å². The number of hydrogen-bond donors (Lipinski definition) is 1. The standard InChI is InChI=1S/C6H7F3O4/c1-3(2-4(10)11)13-5(12)6(7,8)9/h3H,2H2,1H3,(H,10,11). The first kappa shape index (κ1) is 11.7. The molecule has 0 heterocycles. The molecule has 0 aromatic rings. The molecule has 1 N–H and O–H groups in total. The molecule has 0 fully saturated rings. The molecule has 0 amide bonds. The highest BCUT2D eigenvalue weighted by molar-refractivity contribution is 5.76. The van der Waals surface area contributed by atoms with Crippen LogP contribution in [0.25, 0.3) is 0 Å². The third kappa shape index (κ3) is 5.05. The Kier molecular flexibility index (Phi) is 3.70. The fourth-order valence-electron chi connectivity index (χ4n) is 0.537. The Balaban J connectivity index is 4.00. The van der Waals surface area contributed by atoms with Crippen LogP contribution >= 0.6 is 0 Å². The van der Waals surface area contributed by atoms with Crippen molar-refractivity contribution in [3.63, 3.8) is 0 Å². The van der Waals surface area contributed by atoms with E-state index in [-0.39, 0.29) is 0 Å². The number of hydrogen-bond acceptors (Lipinski definition) is 3. The van der Waals surface area contributed by atoms with Crippen molar-refractivity contribution in [2.45, 2.75) is 25.6 Å². The fourth-order valence-corrected chi connectivity index (χ4v) is 0.537. The number of carboxylic acid groups (broad SMARTS) is 1. The van der Waals surface area contributed by atoms with Crippen molar-refractivity contribution in [2.24, 2.45) is 0 Å². The average Bonchev–Trinajstić information content (AvgIpc) is 1.82. The van der Waals surface area contributed by atoms with Crippen LogP contribution in [0, 0.1) is 0 Å². The number of aliphatic carboxylic acids is 1. The van der Waals surface area contributed by atoms with Crippen molar-refractivity contribution in [3.05, 3.63) is 0 Å². The third-order valence-corrected chi connectivity index (χ3v) is 1.00. The summed E-state index contributed by atoms with van der Waals surface area (Å²) < 4.78 is 38.4. The zero-order chi connectivity index (χ0) is 10.6. The van der Waals surface area contributed by atoms with Gasteiger partial charge in [-0.3, -0.25) is 4.79 Å². The third-order valence-electron chi connectivity index (χ3n) is 1.00. The second kappa shape index (κ2) is 4.11. The van der Waals surface area contributed by atoms with Crippen molar-refractivity contribution < 1.29 is 32.6 Å². The van der Waals surface area contributed by atoms with Gasteiger partial charge in [-0.25, -0.2) is 4.79 Å². The summed E-state index contributed by atoms with van der Waals surface area (Å²) in [5.74, 6) is -3.70. The van der Waals surface area contributed by atoms with Gasteiger partial charge in [0.15, 0.2) is 0 Å². The van der Waals surface area contributed by atoms with Gasteiger partial charge in [-0.2, -0.15) is 13.2 Å². The maximum Gasteiger partial charge on any atom is 0.490 e. The highest BCUT2D eigenvalue weighted by Gasteiger charge is 2.41. The zero-order valence-electron chi connectivity index (χ0n) is 6.59. The molecule has 0 aliphatic carbocycles. The second-order valence-electron chi connectivity index (χ2n) is 2.31. The lowest BCUT2D eigenvalue weighted by molar-refractivity contribution is -0.204. The minimum atomic E-state index is -5.08. The van der Waals surface area contributed by atoms with Crippen LogP contribution in [0.4, 0.5) is 13.2 Å². The molecule has 0 spiro atoms. The topological polar surface area (TPSA) is 63.6 Å². The summed E-state index contributed by atoms with van der Waals surface area (Å²) in [6, 6.07) is 0. The van der Waals surface area contributed by atoms with E-state index in [2.05, 4.69) is 4.74 Å². The monoisotopic (exact) mass is 200 g/mol. The normalized spacial score (nSPS) is 13.5. The van der Waals surface area contributed by atoms with Crippen LogP contribution < -0.4 is 0 Å². The number of esters is 1. The summed E-state index contributed by atoms with van der Waals surface area (Å²) in [7, 11) is 0. The molecule has 1 unspecified atom stereocenters. The molecular weight excluding hydrogens is 193 g/mol. The van der Waals surface area contributed by atoms with Gasteiger partial charge in [0.25, 0.3) is 0 Å². The first-order chi connectivity index (χ1) is 5.73. The Labute approximate surface area is 71.3 Å². The molecule has 13 heavy (non-hydrogen) atoms. The first-order valence-electron chi connectivity index (χ1n) is 3.23. The predicted octanol–water partition coefficient (Wildman–Crippen LogP) is 0.955. The van der Waals surface area contributed by atoms with Crippen molar-refractivity contribution in [1.29, 1.82) is 0 Å². The summed E-state index contributed by atoms with van der Waals surface area (Å²) in [5.41, 5.74) is 0. The Hall–Kier alpha value is -1.27. The number of halogens is 3. The quantitative estimate of drug-likeness (QED) is 0.689. The Morgan fingerprint density at radius 1 is 1.46 bits per heavy atom. The largest absolute Gasteiger partial charge is 0.490 e. The second-order valence-corrected chi connectivity index (χ2v) is 2.31. The van der Waals surface area contributed by atoms with Gasteiger partial charge in [-0.1, -0.05) is 0 Å². The maximum atomic E-state index is 11.5. The van der Waals surface area contributed by atoms with Gasteiger partial charge in [0.1, 0.15) is 6.10 Å². The molecule has 0 rings (SSSR count). The van der Waals surface area contributed by atoms with Crippen LogP contribution in [-0.2, 0) is 14.3 Å². The molecule has 0 bridgehead atoms.